The summed E-state index contributed by atoms with van der Waals surface area (Å²) in [6.07, 6.45) is -4.22. The lowest BCUT2D eigenvalue weighted by Crippen LogP contribution is -2.45. The van der Waals surface area contributed by atoms with Crippen molar-refractivity contribution in [2.24, 2.45) is 5.73 Å². The summed E-state index contributed by atoms with van der Waals surface area (Å²) < 4.78 is 34.7. The van der Waals surface area contributed by atoms with Gasteiger partial charge in [-0.3, -0.25) is 0 Å². The maximum absolute atomic E-state index is 11.6. The maximum atomic E-state index is 11.6. The standard InChI is InChI=1S/C4H9F3N2/c1-9-3(2-8)4(5,6)7/h3,9H,2,8H2,1H3/t3-/m0/s1. The molecule has 5 heteroatoms. The first-order valence-corrected chi connectivity index (χ1v) is 2.46. The van der Waals surface area contributed by atoms with Gasteiger partial charge in [0.1, 0.15) is 6.04 Å². The van der Waals surface area contributed by atoms with Crippen LogP contribution in [0.1, 0.15) is 0 Å². The van der Waals surface area contributed by atoms with E-state index in [4.69, 9.17) is 5.73 Å². The Hall–Kier alpha value is -0.290. The van der Waals surface area contributed by atoms with E-state index < -0.39 is 18.8 Å². The molecule has 0 heterocycles. The summed E-state index contributed by atoms with van der Waals surface area (Å²) in [5, 5.41) is 2.04. The van der Waals surface area contributed by atoms with Crippen LogP contribution < -0.4 is 11.1 Å². The van der Waals surface area contributed by atoms with Gasteiger partial charge in [-0.2, -0.15) is 13.2 Å². The van der Waals surface area contributed by atoms with Crippen molar-refractivity contribution in [2.75, 3.05) is 13.6 Å². The van der Waals surface area contributed by atoms with Crippen LogP contribution in [0.25, 0.3) is 0 Å². The van der Waals surface area contributed by atoms with Gasteiger partial charge in [-0.15, -0.1) is 0 Å². The van der Waals surface area contributed by atoms with Crippen molar-refractivity contribution in [1.29, 1.82) is 0 Å². The molecular formula is C4H9F3N2. The third-order valence-corrected chi connectivity index (χ3v) is 0.979. The molecule has 0 aromatic rings. The lowest BCUT2D eigenvalue weighted by molar-refractivity contribution is -0.151. The molecule has 0 aromatic heterocycles. The van der Waals surface area contributed by atoms with Crippen molar-refractivity contribution in [3.8, 4) is 0 Å². The van der Waals surface area contributed by atoms with Gasteiger partial charge in [0.2, 0.25) is 0 Å². The van der Waals surface area contributed by atoms with Crippen molar-refractivity contribution in [3.05, 3.63) is 0 Å². The van der Waals surface area contributed by atoms with Gasteiger partial charge in [-0.05, 0) is 7.05 Å². The van der Waals surface area contributed by atoms with Gasteiger partial charge in [0.15, 0.2) is 0 Å². The Bertz CT molecular complexity index is 76.4. The highest BCUT2D eigenvalue weighted by Crippen LogP contribution is 2.18. The molecule has 2 nitrogen and oxygen atoms in total. The van der Waals surface area contributed by atoms with E-state index in [1.165, 1.54) is 7.05 Å². The van der Waals surface area contributed by atoms with Gasteiger partial charge >= 0.3 is 6.18 Å². The van der Waals surface area contributed by atoms with E-state index in [1.54, 1.807) is 0 Å². The number of hydrogen-bond acceptors (Lipinski definition) is 2. The zero-order valence-electron chi connectivity index (χ0n) is 5.00. The van der Waals surface area contributed by atoms with Crippen molar-refractivity contribution in [1.82, 2.24) is 5.32 Å². The number of alkyl halides is 3. The summed E-state index contributed by atoms with van der Waals surface area (Å²) in [5.74, 6) is 0. The fraction of sp³-hybridized carbons (Fsp3) is 1.00. The molecule has 0 aliphatic rings. The highest BCUT2D eigenvalue weighted by molar-refractivity contribution is 4.73. The average molecular weight is 142 g/mol. The highest BCUT2D eigenvalue weighted by Gasteiger charge is 2.37. The van der Waals surface area contributed by atoms with Crippen LogP contribution in [-0.2, 0) is 0 Å². The van der Waals surface area contributed by atoms with Crippen LogP contribution in [-0.4, -0.2) is 25.8 Å². The summed E-state index contributed by atoms with van der Waals surface area (Å²) in [5.41, 5.74) is 4.79. The number of rotatable bonds is 2. The van der Waals surface area contributed by atoms with E-state index in [1.807, 2.05) is 5.32 Å². The number of nitrogens with one attached hydrogen (secondary N) is 1. The van der Waals surface area contributed by atoms with Crippen LogP contribution >= 0.6 is 0 Å². The van der Waals surface area contributed by atoms with Crippen molar-refractivity contribution in [2.45, 2.75) is 12.2 Å². The second-order valence-corrected chi connectivity index (χ2v) is 1.62. The SMILES string of the molecule is CN[C@@H](CN)C(F)(F)F. The Kier molecular flexibility index (Phi) is 2.93. The largest absolute Gasteiger partial charge is 0.405 e. The zero-order valence-corrected chi connectivity index (χ0v) is 5.00. The van der Waals surface area contributed by atoms with Gasteiger partial charge in [0.05, 0.1) is 0 Å². The minimum Gasteiger partial charge on any atom is -0.329 e. The summed E-state index contributed by atoms with van der Waals surface area (Å²) in [4.78, 5) is 0. The summed E-state index contributed by atoms with van der Waals surface area (Å²) in [6.45, 7) is -0.417. The smallest absolute Gasteiger partial charge is 0.329 e. The lowest BCUT2D eigenvalue weighted by atomic mass is 10.3. The molecule has 3 N–H and O–H groups in total. The number of halogens is 3. The molecule has 0 unspecified atom stereocenters. The average Bonchev–Trinajstić information content (AvgIpc) is 1.65. The minimum atomic E-state index is -4.22. The minimum absolute atomic E-state index is 0.417. The number of likely N-dealkylation sites (N-methyl/N-ethyl adjacent to an activating group) is 1. The Morgan fingerprint density at radius 3 is 2.00 bits per heavy atom. The normalized spacial score (nSPS) is 15.7. The topological polar surface area (TPSA) is 38.0 Å². The second kappa shape index (κ2) is 3.03. The second-order valence-electron chi connectivity index (χ2n) is 1.62. The predicted molar refractivity (Wildman–Crippen MR) is 28.0 cm³/mol. The van der Waals surface area contributed by atoms with Crippen LogP contribution in [0.4, 0.5) is 13.2 Å². The van der Waals surface area contributed by atoms with Crippen LogP contribution in [0.15, 0.2) is 0 Å². The van der Waals surface area contributed by atoms with Crippen LogP contribution in [0.5, 0.6) is 0 Å². The summed E-state index contributed by atoms with van der Waals surface area (Å²) >= 11 is 0. The first kappa shape index (κ1) is 8.71. The molecule has 0 bridgehead atoms. The molecule has 0 aromatic carbocycles. The van der Waals surface area contributed by atoms with Gasteiger partial charge < -0.3 is 11.1 Å². The predicted octanol–water partition coefficient (Wildman–Crippen LogP) is 0.0954. The van der Waals surface area contributed by atoms with Crippen LogP contribution in [0, 0.1) is 0 Å². The molecule has 0 aliphatic heterocycles. The third-order valence-electron chi connectivity index (χ3n) is 0.979. The van der Waals surface area contributed by atoms with Gasteiger partial charge in [0.25, 0.3) is 0 Å². The van der Waals surface area contributed by atoms with Crippen molar-refractivity contribution in [3.63, 3.8) is 0 Å². The van der Waals surface area contributed by atoms with E-state index in [0.29, 0.717) is 0 Å². The Morgan fingerprint density at radius 1 is 1.56 bits per heavy atom. The molecule has 0 saturated heterocycles. The summed E-state index contributed by atoms with van der Waals surface area (Å²) in [7, 11) is 1.23. The maximum Gasteiger partial charge on any atom is 0.405 e. The Morgan fingerprint density at radius 2 is 2.00 bits per heavy atom. The number of nitrogens with two attached hydrogens (primary N) is 1. The van der Waals surface area contributed by atoms with E-state index in [-0.39, 0.29) is 0 Å². The van der Waals surface area contributed by atoms with Crippen molar-refractivity contribution < 1.29 is 13.2 Å². The Balaban J connectivity index is 3.79. The fourth-order valence-electron chi connectivity index (χ4n) is 0.415. The van der Waals surface area contributed by atoms with Crippen molar-refractivity contribution >= 4 is 0 Å². The highest BCUT2D eigenvalue weighted by atomic mass is 19.4. The molecule has 56 valence electrons. The molecule has 0 aliphatic carbocycles. The molecule has 0 amide bonds. The van der Waals surface area contributed by atoms with Gasteiger partial charge in [-0.1, -0.05) is 0 Å². The first-order valence-electron chi connectivity index (χ1n) is 2.46. The first-order chi connectivity index (χ1) is 4.02. The zero-order chi connectivity index (χ0) is 7.49. The Labute approximate surface area is 51.2 Å². The van der Waals surface area contributed by atoms with E-state index in [2.05, 4.69) is 0 Å². The van der Waals surface area contributed by atoms with Gasteiger partial charge in [0, 0.05) is 6.54 Å². The molecule has 0 radical (unpaired) electrons. The third kappa shape index (κ3) is 2.67. The lowest BCUT2D eigenvalue weighted by Gasteiger charge is -2.16. The monoisotopic (exact) mass is 142 g/mol. The molecule has 9 heavy (non-hydrogen) atoms. The molecule has 0 rings (SSSR count). The number of hydrogen-bond donors (Lipinski definition) is 2. The molecule has 0 spiro atoms. The molecule has 0 saturated carbocycles. The fourth-order valence-corrected chi connectivity index (χ4v) is 0.415. The van der Waals surface area contributed by atoms with E-state index in [9.17, 15) is 13.2 Å². The quantitative estimate of drug-likeness (QED) is 0.573. The van der Waals surface area contributed by atoms with E-state index in [0.717, 1.165) is 0 Å². The van der Waals surface area contributed by atoms with Gasteiger partial charge in [-0.25, -0.2) is 0 Å². The molecular weight excluding hydrogens is 133 g/mol. The summed E-state index contributed by atoms with van der Waals surface area (Å²) in [6, 6.07) is -1.57. The molecule has 1 atom stereocenters. The molecule has 0 fully saturated rings. The van der Waals surface area contributed by atoms with Crippen LogP contribution in [0.3, 0.4) is 0 Å². The van der Waals surface area contributed by atoms with Crippen LogP contribution in [0.2, 0.25) is 0 Å². The van der Waals surface area contributed by atoms with E-state index >= 15 is 0 Å².